The van der Waals surface area contributed by atoms with Gasteiger partial charge in [0, 0.05) is 25.7 Å². The van der Waals surface area contributed by atoms with E-state index in [1.165, 1.54) is 31.8 Å². The summed E-state index contributed by atoms with van der Waals surface area (Å²) in [4.78, 5) is 35.3. The second kappa shape index (κ2) is 6.17. The number of hydrogen-bond acceptors (Lipinski definition) is 5. The fraction of sp³-hybridized carbons (Fsp3) is 0.214. The third-order valence-electron chi connectivity index (χ3n) is 3.18. The normalized spacial score (nSPS) is 10.1. The number of hydrogen-bond donors (Lipinski definition) is 2. The molecule has 0 aliphatic heterocycles. The largest absolute Gasteiger partial charge is 0.497 e. The van der Waals surface area contributed by atoms with Gasteiger partial charge >= 0.3 is 5.69 Å². The Kier molecular flexibility index (Phi) is 4.31. The van der Waals surface area contributed by atoms with Gasteiger partial charge in [-0.1, -0.05) is 0 Å². The molecule has 0 spiro atoms. The van der Waals surface area contributed by atoms with Crippen LogP contribution in [0, 0.1) is 0 Å². The van der Waals surface area contributed by atoms with E-state index >= 15 is 0 Å². The first-order valence-electron chi connectivity index (χ1n) is 6.41. The van der Waals surface area contributed by atoms with Gasteiger partial charge in [0.2, 0.25) is 0 Å². The standard InChI is InChI=1S/C14H16N4O4/c1-17-11(8-12(19)18(2)14(17)21)15-16-13(20)9-4-6-10(22-3)7-5-9/h4-8,15H,1-3H3,(H,16,20). The minimum Gasteiger partial charge on any atom is -0.497 e. The summed E-state index contributed by atoms with van der Waals surface area (Å²) in [6, 6.07) is 7.72. The maximum atomic E-state index is 12.0. The topological polar surface area (TPSA) is 94.4 Å². The van der Waals surface area contributed by atoms with Crippen LogP contribution in [0.4, 0.5) is 5.82 Å². The number of amides is 1. The number of benzene rings is 1. The lowest BCUT2D eigenvalue weighted by molar-refractivity contribution is 0.0962. The fourth-order valence-corrected chi connectivity index (χ4v) is 1.79. The highest BCUT2D eigenvalue weighted by molar-refractivity contribution is 5.94. The smallest absolute Gasteiger partial charge is 0.332 e. The highest BCUT2D eigenvalue weighted by Crippen LogP contribution is 2.11. The monoisotopic (exact) mass is 304 g/mol. The molecule has 2 rings (SSSR count). The van der Waals surface area contributed by atoms with Crippen molar-refractivity contribution in [1.29, 1.82) is 0 Å². The lowest BCUT2D eigenvalue weighted by atomic mass is 10.2. The van der Waals surface area contributed by atoms with E-state index in [1.807, 2.05) is 0 Å². The molecular formula is C14H16N4O4. The Morgan fingerprint density at radius 2 is 1.73 bits per heavy atom. The molecule has 0 aliphatic carbocycles. The van der Waals surface area contributed by atoms with E-state index in [0.717, 1.165) is 4.57 Å². The Labute approximate surface area is 125 Å². The van der Waals surface area contributed by atoms with Crippen molar-refractivity contribution in [2.45, 2.75) is 0 Å². The van der Waals surface area contributed by atoms with Gasteiger partial charge in [-0.3, -0.25) is 29.6 Å². The minimum absolute atomic E-state index is 0.190. The van der Waals surface area contributed by atoms with Crippen molar-refractivity contribution in [2.75, 3.05) is 12.5 Å². The molecule has 0 saturated heterocycles. The number of hydrazine groups is 1. The second-order valence-electron chi connectivity index (χ2n) is 4.58. The molecule has 0 fully saturated rings. The van der Waals surface area contributed by atoms with Gasteiger partial charge in [-0.2, -0.15) is 0 Å². The van der Waals surface area contributed by atoms with Crippen LogP contribution in [0.5, 0.6) is 5.75 Å². The Balaban J connectivity index is 2.14. The lowest BCUT2D eigenvalue weighted by Gasteiger charge is -2.12. The van der Waals surface area contributed by atoms with Crippen LogP contribution in [-0.2, 0) is 14.1 Å². The zero-order valence-electron chi connectivity index (χ0n) is 12.4. The summed E-state index contributed by atoms with van der Waals surface area (Å²) < 4.78 is 7.20. The van der Waals surface area contributed by atoms with Crippen LogP contribution in [0.3, 0.4) is 0 Å². The van der Waals surface area contributed by atoms with Gasteiger partial charge in [0.15, 0.2) is 0 Å². The molecule has 116 valence electrons. The first-order chi connectivity index (χ1) is 10.4. The van der Waals surface area contributed by atoms with Gasteiger partial charge in [0.05, 0.1) is 7.11 Å². The molecule has 0 bridgehead atoms. The molecule has 0 radical (unpaired) electrons. The quantitative estimate of drug-likeness (QED) is 0.766. The zero-order chi connectivity index (χ0) is 16.3. The summed E-state index contributed by atoms with van der Waals surface area (Å²) in [5, 5.41) is 0. The first-order valence-corrected chi connectivity index (χ1v) is 6.41. The molecule has 1 aromatic carbocycles. The van der Waals surface area contributed by atoms with Crippen LogP contribution in [0.2, 0.25) is 0 Å². The van der Waals surface area contributed by atoms with Crippen LogP contribution < -0.4 is 26.8 Å². The van der Waals surface area contributed by atoms with Crippen LogP contribution in [-0.4, -0.2) is 22.2 Å². The minimum atomic E-state index is -0.492. The number of aromatic nitrogens is 2. The summed E-state index contributed by atoms with van der Waals surface area (Å²) in [5.74, 6) is 0.421. The summed E-state index contributed by atoms with van der Waals surface area (Å²) in [6.45, 7) is 0. The second-order valence-corrected chi connectivity index (χ2v) is 4.58. The molecule has 0 aliphatic rings. The lowest BCUT2D eigenvalue weighted by Crippen LogP contribution is -2.40. The maximum Gasteiger partial charge on any atom is 0.332 e. The van der Waals surface area contributed by atoms with Crippen molar-refractivity contribution in [2.24, 2.45) is 14.1 Å². The fourth-order valence-electron chi connectivity index (χ4n) is 1.79. The average Bonchev–Trinajstić information content (AvgIpc) is 2.54. The molecule has 22 heavy (non-hydrogen) atoms. The third-order valence-corrected chi connectivity index (χ3v) is 3.18. The van der Waals surface area contributed by atoms with Crippen molar-refractivity contribution < 1.29 is 9.53 Å². The number of carbonyl (C=O) groups excluding carboxylic acids is 1. The van der Waals surface area contributed by atoms with E-state index in [2.05, 4.69) is 10.9 Å². The number of nitrogens with one attached hydrogen (secondary N) is 2. The number of rotatable bonds is 4. The summed E-state index contributed by atoms with van der Waals surface area (Å²) >= 11 is 0. The van der Waals surface area contributed by atoms with Gasteiger partial charge in [0.25, 0.3) is 11.5 Å². The van der Waals surface area contributed by atoms with Gasteiger partial charge < -0.3 is 4.74 Å². The van der Waals surface area contributed by atoms with Crippen molar-refractivity contribution in [3.05, 3.63) is 56.7 Å². The maximum absolute atomic E-state index is 12.0. The van der Waals surface area contributed by atoms with E-state index in [9.17, 15) is 14.4 Å². The van der Waals surface area contributed by atoms with Crippen LogP contribution in [0.15, 0.2) is 39.9 Å². The van der Waals surface area contributed by atoms with E-state index in [4.69, 9.17) is 4.74 Å². The highest BCUT2D eigenvalue weighted by Gasteiger charge is 2.08. The summed E-state index contributed by atoms with van der Waals surface area (Å²) in [6.07, 6.45) is 0. The zero-order valence-corrected chi connectivity index (χ0v) is 12.4. The Morgan fingerprint density at radius 3 is 2.32 bits per heavy atom. The molecule has 1 heterocycles. The molecule has 0 saturated carbocycles. The number of methoxy groups -OCH3 is 1. The number of carbonyl (C=O) groups is 1. The van der Waals surface area contributed by atoms with Crippen molar-refractivity contribution in [3.8, 4) is 5.75 Å². The van der Waals surface area contributed by atoms with E-state index in [0.29, 0.717) is 11.3 Å². The van der Waals surface area contributed by atoms with E-state index < -0.39 is 17.2 Å². The van der Waals surface area contributed by atoms with E-state index in [-0.39, 0.29) is 5.82 Å². The molecular weight excluding hydrogens is 288 g/mol. The van der Waals surface area contributed by atoms with Crippen molar-refractivity contribution in [1.82, 2.24) is 14.6 Å². The summed E-state index contributed by atoms with van der Waals surface area (Å²) in [5.41, 5.74) is 4.44. The Morgan fingerprint density at radius 1 is 1.09 bits per heavy atom. The van der Waals surface area contributed by atoms with Gasteiger partial charge in [-0.15, -0.1) is 0 Å². The van der Waals surface area contributed by atoms with Gasteiger partial charge in [-0.25, -0.2) is 4.79 Å². The van der Waals surface area contributed by atoms with Crippen molar-refractivity contribution >= 4 is 11.7 Å². The number of nitrogens with zero attached hydrogens (tertiary/aromatic N) is 2. The molecule has 8 nitrogen and oxygen atoms in total. The molecule has 8 heteroatoms. The predicted molar refractivity (Wildman–Crippen MR) is 81.0 cm³/mol. The molecule has 2 aromatic rings. The average molecular weight is 304 g/mol. The first kappa shape index (κ1) is 15.4. The SMILES string of the molecule is COc1ccc(C(=O)NNc2cc(=O)n(C)c(=O)n2C)cc1. The predicted octanol–water partition coefficient (Wildman–Crippen LogP) is -0.151. The summed E-state index contributed by atoms with van der Waals surface area (Å²) in [7, 11) is 4.40. The van der Waals surface area contributed by atoms with Crippen LogP contribution in [0.1, 0.15) is 10.4 Å². The third kappa shape index (κ3) is 3.00. The molecule has 2 N–H and O–H groups in total. The Bertz CT molecular complexity index is 805. The van der Waals surface area contributed by atoms with Gasteiger partial charge in [0.1, 0.15) is 11.6 Å². The highest BCUT2D eigenvalue weighted by atomic mass is 16.5. The number of anilines is 1. The molecule has 1 amide bonds. The Hall–Kier alpha value is -3.03. The molecule has 0 unspecified atom stereocenters. The van der Waals surface area contributed by atoms with Gasteiger partial charge in [-0.05, 0) is 24.3 Å². The number of ether oxygens (including phenoxy) is 1. The van der Waals surface area contributed by atoms with Crippen molar-refractivity contribution in [3.63, 3.8) is 0 Å². The van der Waals surface area contributed by atoms with Crippen LogP contribution in [0.25, 0.3) is 0 Å². The molecule has 0 atom stereocenters. The molecule has 1 aromatic heterocycles. The van der Waals surface area contributed by atoms with E-state index in [1.54, 1.807) is 24.3 Å². The van der Waals surface area contributed by atoms with Crippen LogP contribution >= 0.6 is 0 Å².